The van der Waals surface area contributed by atoms with Crippen LogP contribution in [0.15, 0.2) is 0 Å². The maximum Gasteiger partial charge on any atom is 0.319 e. The summed E-state index contributed by atoms with van der Waals surface area (Å²) >= 11 is 5.36. The van der Waals surface area contributed by atoms with Gasteiger partial charge in [0, 0.05) is 0 Å². The molecule has 58 valence electrons. The molecule has 0 aromatic heterocycles. The van der Waals surface area contributed by atoms with Crippen molar-refractivity contribution in [2.75, 3.05) is 0 Å². The van der Waals surface area contributed by atoms with Crippen molar-refractivity contribution in [2.24, 2.45) is 0 Å². The van der Waals surface area contributed by atoms with Gasteiger partial charge in [-0.3, -0.25) is 9.59 Å². The van der Waals surface area contributed by atoms with E-state index in [-0.39, 0.29) is 0 Å². The highest BCUT2D eigenvalue weighted by Crippen LogP contribution is 2.14. The fraction of sp³-hybridized carbons (Fsp3) is 0.500. The third-order valence-corrected chi connectivity index (χ3v) is 3.28. The molecule has 2 N–H and O–H groups in total. The number of alkyl halides is 2. The molecule has 0 saturated heterocycles. The van der Waals surface area contributed by atoms with Gasteiger partial charge in [-0.25, -0.2) is 0 Å². The van der Waals surface area contributed by atoms with Crippen LogP contribution in [0.4, 0.5) is 0 Å². The summed E-state index contributed by atoms with van der Waals surface area (Å²) in [6.45, 7) is 0. The zero-order chi connectivity index (χ0) is 8.31. The van der Waals surface area contributed by atoms with E-state index in [1.807, 2.05) is 0 Å². The van der Waals surface area contributed by atoms with E-state index >= 15 is 0 Å². The van der Waals surface area contributed by atoms with Crippen molar-refractivity contribution in [3.63, 3.8) is 0 Å². The van der Waals surface area contributed by atoms with Crippen LogP contribution in [0.1, 0.15) is 0 Å². The van der Waals surface area contributed by atoms with Crippen LogP contribution in [0.5, 0.6) is 0 Å². The minimum absolute atomic E-state index is 1.09. The van der Waals surface area contributed by atoms with E-state index in [4.69, 9.17) is 10.2 Å². The smallest absolute Gasteiger partial charge is 0.319 e. The van der Waals surface area contributed by atoms with E-state index in [0.29, 0.717) is 0 Å². The number of rotatable bonds is 3. The van der Waals surface area contributed by atoms with Crippen LogP contribution in [0.25, 0.3) is 0 Å². The number of halogens is 2. The quantitative estimate of drug-likeness (QED) is 0.743. The van der Waals surface area contributed by atoms with Gasteiger partial charge in [0.05, 0.1) is 0 Å². The molecule has 0 spiro atoms. The molecule has 0 unspecified atom stereocenters. The zero-order valence-electron chi connectivity index (χ0n) is 4.62. The largest absolute Gasteiger partial charge is 0.480 e. The summed E-state index contributed by atoms with van der Waals surface area (Å²) in [6, 6.07) is 0. The van der Waals surface area contributed by atoms with Gasteiger partial charge < -0.3 is 10.2 Å². The minimum Gasteiger partial charge on any atom is -0.480 e. The SMILES string of the molecule is O=C(O)[C@H](Br)[C@@H](Br)C(=O)O. The van der Waals surface area contributed by atoms with Gasteiger partial charge in [0.1, 0.15) is 9.65 Å². The Hall–Kier alpha value is -0.100. The maximum atomic E-state index is 10.1. The first-order chi connectivity index (χ1) is 4.46. The summed E-state index contributed by atoms with van der Waals surface area (Å²) < 4.78 is 0. The molecule has 0 fully saturated rings. The van der Waals surface area contributed by atoms with Gasteiger partial charge in [-0.2, -0.15) is 0 Å². The predicted octanol–water partition coefficient (Wildman–Crippen LogP) is 0.683. The molecule has 0 rings (SSSR count). The van der Waals surface area contributed by atoms with Crippen molar-refractivity contribution in [3.05, 3.63) is 0 Å². The summed E-state index contributed by atoms with van der Waals surface area (Å²) in [6.07, 6.45) is 0. The first-order valence-corrected chi connectivity index (χ1v) is 4.03. The Morgan fingerprint density at radius 1 is 1.00 bits per heavy atom. The highest BCUT2D eigenvalue weighted by atomic mass is 79.9. The molecule has 2 atom stereocenters. The lowest BCUT2D eigenvalue weighted by molar-refractivity contribution is -0.142. The molecule has 0 heterocycles. The molecule has 0 aromatic rings. The van der Waals surface area contributed by atoms with Gasteiger partial charge >= 0.3 is 11.9 Å². The van der Waals surface area contributed by atoms with Crippen LogP contribution >= 0.6 is 31.9 Å². The van der Waals surface area contributed by atoms with E-state index in [9.17, 15) is 9.59 Å². The van der Waals surface area contributed by atoms with Gasteiger partial charge in [0.25, 0.3) is 0 Å². The Morgan fingerprint density at radius 3 is 1.30 bits per heavy atom. The average molecular weight is 276 g/mol. The molecule has 6 heteroatoms. The van der Waals surface area contributed by atoms with E-state index in [0.717, 1.165) is 0 Å². The fourth-order valence-electron chi connectivity index (χ4n) is 0.250. The van der Waals surface area contributed by atoms with Crippen LogP contribution in [-0.2, 0) is 9.59 Å². The first-order valence-electron chi connectivity index (χ1n) is 2.20. The van der Waals surface area contributed by atoms with E-state index in [1.165, 1.54) is 0 Å². The molecule has 0 amide bonds. The van der Waals surface area contributed by atoms with E-state index < -0.39 is 21.6 Å². The third kappa shape index (κ3) is 2.66. The summed E-state index contributed by atoms with van der Waals surface area (Å²) in [5.74, 6) is -2.41. The number of hydrogen-bond acceptors (Lipinski definition) is 2. The van der Waals surface area contributed by atoms with Crippen LogP contribution < -0.4 is 0 Å². The predicted molar refractivity (Wildman–Crippen MR) is 40.7 cm³/mol. The molecular formula is C4H4Br2O4. The maximum absolute atomic E-state index is 10.1. The van der Waals surface area contributed by atoms with Crippen molar-refractivity contribution < 1.29 is 19.8 Å². The normalized spacial score (nSPS) is 15.8. The number of carboxylic acids is 2. The summed E-state index contributed by atoms with van der Waals surface area (Å²) in [7, 11) is 0. The first kappa shape index (κ1) is 9.90. The van der Waals surface area contributed by atoms with Gasteiger partial charge in [-0.1, -0.05) is 31.9 Å². The third-order valence-electron chi connectivity index (χ3n) is 0.729. The number of aliphatic carboxylic acids is 2. The topological polar surface area (TPSA) is 74.6 Å². The van der Waals surface area contributed by atoms with Gasteiger partial charge in [0.2, 0.25) is 0 Å². The highest BCUT2D eigenvalue weighted by Gasteiger charge is 2.28. The van der Waals surface area contributed by atoms with Crippen LogP contribution in [-0.4, -0.2) is 31.8 Å². The van der Waals surface area contributed by atoms with Crippen LogP contribution in [0.2, 0.25) is 0 Å². The molecule has 0 bridgehead atoms. The summed E-state index contributed by atoms with van der Waals surface area (Å²) in [4.78, 5) is 18.0. The summed E-state index contributed by atoms with van der Waals surface area (Å²) in [5, 5.41) is 16.5. The second-order valence-electron chi connectivity index (χ2n) is 1.48. The highest BCUT2D eigenvalue weighted by molar-refractivity contribution is 9.12. The lowest BCUT2D eigenvalue weighted by Crippen LogP contribution is -2.30. The number of carboxylic acid groups (broad SMARTS) is 2. The lowest BCUT2D eigenvalue weighted by Gasteiger charge is -2.05. The standard InChI is InChI=1S/C4H4Br2O4/c5-1(3(7)8)2(6)4(9)10/h1-2H,(H,7,8)(H,9,10)/t1-,2-/m1/s1. The van der Waals surface area contributed by atoms with Crippen molar-refractivity contribution in [1.82, 2.24) is 0 Å². The molecule has 0 aromatic carbocycles. The molecule has 10 heavy (non-hydrogen) atoms. The summed E-state index contributed by atoms with van der Waals surface area (Å²) in [5.41, 5.74) is 0. The molecule has 0 aliphatic heterocycles. The van der Waals surface area contributed by atoms with E-state index in [2.05, 4.69) is 31.9 Å². The monoisotopic (exact) mass is 274 g/mol. The van der Waals surface area contributed by atoms with Gasteiger partial charge in [-0.15, -0.1) is 0 Å². The number of hydrogen-bond donors (Lipinski definition) is 2. The Labute approximate surface area is 73.5 Å². The Kier molecular flexibility index (Phi) is 3.88. The molecule has 0 radical (unpaired) electrons. The number of carbonyl (C=O) groups is 2. The Bertz CT molecular complexity index is 139. The second-order valence-corrected chi connectivity index (χ2v) is 3.45. The molecule has 4 nitrogen and oxygen atoms in total. The molecule has 0 aliphatic rings. The van der Waals surface area contributed by atoms with Gasteiger partial charge in [0.15, 0.2) is 0 Å². The van der Waals surface area contributed by atoms with Crippen molar-refractivity contribution >= 4 is 43.8 Å². The van der Waals surface area contributed by atoms with Crippen molar-refractivity contribution in [2.45, 2.75) is 9.65 Å². The molecule has 0 saturated carbocycles. The molecule has 0 aliphatic carbocycles. The van der Waals surface area contributed by atoms with Crippen LogP contribution in [0, 0.1) is 0 Å². The Balaban J connectivity index is 4.07. The van der Waals surface area contributed by atoms with Crippen molar-refractivity contribution in [3.8, 4) is 0 Å². The second kappa shape index (κ2) is 3.92. The molecular weight excluding hydrogens is 272 g/mol. The van der Waals surface area contributed by atoms with Gasteiger partial charge in [-0.05, 0) is 0 Å². The average Bonchev–Trinajstić information content (AvgIpc) is 1.84. The zero-order valence-corrected chi connectivity index (χ0v) is 7.79. The fourth-order valence-corrected chi connectivity index (χ4v) is 0.703. The Morgan fingerprint density at radius 2 is 1.20 bits per heavy atom. The minimum atomic E-state index is -1.20. The van der Waals surface area contributed by atoms with Crippen LogP contribution in [0.3, 0.4) is 0 Å². The van der Waals surface area contributed by atoms with E-state index in [1.54, 1.807) is 0 Å². The van der Waals surface area contributed by atoms with Crippen molar-refractivity contribution in [1.29, 1.82) is 0 Å². The lowest BCUT2D eigenvalue weighted by atomic mass is 10.3.